The van der Waals surface area contributed by atoms with Gasteiger partial charge >= 0.3 is 0 Å². The number of aromatic nitrogens is 2. The van der Waals surface area contributed by atoms with Crippen LogP contribution in [0.1, 0.15) is 5.56 Å². The normalized spacial score (nSPS) is 10.8. The van der Waals surface area contributed by atoms with E-state index in [1.807, 2.05) is 0 Å². The second-order valence-electron chi connectivity index (χ2n) is 2.52. The molecule has 0 aliphatic heterocycles. The summed E-state index contributed by atoms with van der Waals surface area (Å²) in [5.41, 5.74) is 1.22. The molecule has 2 N–H and O–H groups in total. The van der Waals surface area contributed by atoms with E-state index in [1.54, 1.807) is 0 Å². The largest absolute Gasteiger partial charge is 0.392 e. The van der Waals surface area contributed by atoms with Crippen molar-refractivity contribution in [1.29, 1.82) is 0 Å². The minimum atomic E-state index is -0.323. The number of halogens is 1. The van der Waals surface area contributed by atoms with Gasteiger partial charge in [0.15, 0.2) is 0 Å². The zero-order valence-electron chi connectivity index (χ0n) is 6.21. The zero-order chi connectivity index (χ0) is 8.55. The van der Waals surface area contributed by atoms with Crippen LogP contribution in [0.4, 0.5) is 4.39 Å². The van der Waals surface area contributed by atoms with E-state index in [1.165, 1.54) is 18.3 Å². The molecular weight excluding hydrogens is 159 g/mol. The first-order valence-electron chi connectivity index (χ1n) is 3.54. The third-order valence-electron chi connectivity index (χ3n) is 1.82. The van der Waals surface area contributed by atoms with Gasteiger partial charge in [0.2, 0.25) is 0 Å². The quantitative estimate of drug-likeness (QED) is 0.668. The summed E-state index contributed by atoms with van der Waals surface area (Å²) < 4.78 is 13.0. The number of aliphatic hydroxyl groups excluding tert-OH is 1. The van der Waals surface area contributed by atoms with Crippen molar-refractivity contribution in [3.05, 3.63) is 29.7 Å². The Bertz CT molecular complexity index is 410. The fourth-order valence-electron chi connectivity index (χ4n) is 1.19. The number of benzene rings is 1. The molecule has 4 heteroatoms. The summed E-state index contributed by atoms with van der Waals surface area (Å²) in [6.45, 7) is -0.112. The topological polar surface area (TPSA) is 48.9 Å². The molecule has 0 aliphatic rings. The summed E-state index contributed by atoms with van der Waals surface area (Å²) in [6, 6.07) is 2.86. The van der Waals surface area contributed by atoms with Gasteiger partial charge in [-0.15, -0.1) is 0 Å². The summed E-state index contributed by atoms with van der Waals surface area (Å²) in [4.78, 5) is 0. The highest BCUT2D eigenvalue weighted by molar-refractivity contribution is 5.81. The van der Waals surface area contributed by atoms with Crippen LogP contribution in [0.5, 0.6) is 0 Å². The maximum Gasteiger partial charge on any atom is 0.134 e. The van der Waals surface area contributed by atoms with Crippen LogP contribution < -0.4 is 0 Å². The molecule has 2 rings (SSSR count). The van der Waals surface area contributed by atoms with Crippen LogP contribution in [0, 0.1) is 5.82 Å². The summed E-state index contributed by atoms with van der Waals surface area (Å²) in [7, 11) is 0. The molecule has 1 heterocycles. The molecular formula is C8H7FN2O. The average molecular weight is 166 g/mol. The Labute approximate surface area is 67.8 Å². The summed E-state index contributed by atoms with van der Waals surface area (Å²) in [5, 5.41) is 15.6. The number of hydrogen-bond acceptors (Lipinski definition) is 2. The van der Waals surface area contributed by atoms with Gasteiger partial charge in [-0.3, -0.25) is 5.10 Å². The van der Waals surface area contributed by atoms with E-state index in [9.17, 15) is 4.39 Å². The van der Waals surface area contributed by atoms with Gasteiger partial charge in [0.1, 0.15) is 5.82 Å². The predicted molar refractivity (Wildman–Crippen MR) is 42.0 cm³/mol. The highest BCUT2D eigenvalue weighted by Gasteiger charge is 2.05. The Kier molecular flexibility index (Phi) is 1.55. The van der Waals surface area contributed by atoms with Crippen LogP contribution in [0.2, 0.25) is 0 Å². The lowest BCUT2D eigenvalue weighted by atomic mass is 10.1. The van der Waals surface area contributed by atoms with Crippen molar-refractivity contribution >= 4 is 10.9 Å². The average Bonchev–Trinajstić information content (AvgIpc) is 2.54. The first-order chi connectivity index (χ1) is 5.83. The molecule has 0 fully saturated rings. The van der Waals surface area contributed by atoms with Gasteiger partial charge in [0.25, 0.3) is 0 Å². The van der Waals surface area contributed by atoms with E-state index < -0.39 is 0 Å². The van der Waals surface area contributed by atoms with Crippen molar-refractivity contribution in [1.82, 2.24) is 10.2 Å². The lowest BCUT2D eigenvalue weighted by molar-refractivity contribution is 0.283. The molecule has 1 aromatic carbocycles. The van der Waals surface area contributed by atoms with Crippen molar-refractivity contribution in [3.63, 3.8) is 0 Å². The zero-order valence-corrected chi connectivity index (χ0v) is 6.21. The third kappa shape index (κ3) is 0.887. The number of hydrogen-bond donors (Lipinski definition) is 2. The maximum atomic E-state index is 13.0. The van der Waals surface area contributed by atoms with Gasteiger partial charge in [-0.1, -0.05) is 6.07 Å². The molecule has 0 bridgehead atoms. The Balaban J connectivity index is 2.82. The lowest BCUT2D eigenvalue weighted by Gasteiger charge is -1.97. The smallest absolute Gasteiger partial charge is 0.134 e. The van der Waals surface area contributed by atoms with E-state index in [2.05, 4.69) is 10.2 Å². The van der Waals surface area contributed by atoms with Gasteiger partial charge in [-0.25, -0.2) is 4.39 Å². The maximum absolute atomic E-state index is 13.0. The van der Waals surface area contributed by atoms with Crippen molar-refractivity contribution < 1.29 is 9.50 Å². The Morgan fingerprint density at radius 3 is 3.08 bits per heavy atom. The van der Waals surface area contributed by atoms with Crippen LogP contribution in [-0.2, 0) is 6.61 Å². The Morgan fingerprint density at radius 1 is 1.50 bits per heavy atom. The molecule has 0 atom stereocenters. The van der Waals surface area contributed by atoms with Crippen LogP contribution in [0.25, 0.3) is 10.9 Å². The second kappa shape index (κ2) is 2.57. The molecule has 0 unspecified atom stereocenters. The van der Waals surface area contributed by atoms with E-state index in [-0.39, 0.29) is 12.4 Å². The van der Waals surface area contributed by atoms with Crippen molar-refractivity contribution in [3.8, 4) is 0 Å². The summed E-state index contributed by atoms with van der Waals surface area (Å²) in [6.07, 6.45) is 1.41. The van der Waals surface area contributed by atoms with E-state index in [4.69, 9.17) is 5.11 Å². The van der Waals surface area contributed by atoms with E-state index >= 15 is 0 Å². The minimum Gasteiger partial charge on any atom is -0.392 e. The Hall–Kier alpha value is -1.42. The van der Waals surface area contributed by atoms with Crippen molar-refractivity contribution in [2.45, 2.75) is 6.61 Å². The molecule has 0 aliphatic carbocycles. The minimum absolute atomic E-state index is 0.112. The SMILES string of the molecule is OCc1ccc(F)c2cn[nH]c12. The van der Waals surface area contributed by atoms with Gasteiger partial charge in [0, 0.05) is 5.56 Å². The highest BCUT2D eigenvalue weighted by atomic mass is 19.1. The molecule has 0 radical (unpaired) electrons. The van der Waals surface area contributed by atoms with Crippen LogP contribution >= 0.6 is 0 Å². The fraction of sp³-hybridized carbons (Fsp3) is 0.125. The first kappa shape index (κ1) is 7.24. The lowest BCUT2D eigenvalue weighted by Crippen LogP contribution is -1.86. The summed E-state index contributed by atoms with van der Waals surface area (Å²) >= 11 is 0. The number of fused-ring (bicyclic) bond motifs is 1. The Morgan fingerprint density at radius 2 is 2.33 bits per heavy atom. The van der Waals surface area contributed by atoms with Crippen LogP contribution in [0.15, 0.2) is 18.3 Å². The number of nitrogens with zero attached hydrogens (tertiary/aromatic N) is 1. The standard InChI is InChI=1S/C8H7FN2O/c9-7-2-1-5(4-12)8-6(7)3-10-11-8/h1-3,12H,4H2,(H,10,11). The van der Waals surface area contributed by atoms with E-state index in [0.29, 0.717) is 16.5 Å². The molecule has 0 saturated heterocycles. The molecule has 2 aromatic rings. The molecule has 3 nitrogen and oxygen atoms in total. The number of aliphatic hydroxyl groups is 1. The van der Waals surface area contributed by atoms with Gasteiger partial charge in [-0.2, -0.15) is 5.10 Å². The molecule has 62 valence electrons. The summed E-state index contributed by atoms with van der Waals surface area (Å²) in [5.74, 6) is -0.323. The highest BCUT2D eigenvalue weighted by Crippen LogP contribution is 2.18. The number of rotatable bonds is 1. The molecule has 0 spiro atoms. The van der Waals surface area contributed by atoms with Crippen LogP contribution in [0.3, 0.4) is 0 Å². The number of H-pyrrole nitrogens is 1. The van der Waals surface area contributed by atoms with E-state index in [0.717, 1.165) is 0 Å². The number of aromatic amines is 1. The van der Waals surface area contributed by atoms with Crippen LogP contribution in [-0.4, -0.2) is 15.3 Å². The predicted octanol–water partition coefficient (Wildman–Crippen LogP) is 1.19. The molecule has 0 amide bonds. The monoisotopic (exact) mass is 166 g/mol. The van der Waals surface area contributed by atoms with Gasteiger partial charge in [0.05, 0.1) is 23.7 Å². The van der Waals surface area contributed by atoms with Crippen molar-refractivity contribution in [2.75, 3.05) is 0 Å². The van der Waals surface area contributed by atoms with Gasteiger partial charge < -0.3 is 5.11 Å². The molecule has 1 aromatic heterocycles. The van der Waals surface area contributed by atoms with Crippen molar-refractivity contribution in [2.24, 2.45) is 0 Å². The fourth-order valence-corrected chi connectivity index (χ4v) is 1.19. The third-order valence-corrected chi connectivity index (χ3v) is 1.82. The molecule has 0 saturated carbocycles. The molecule has 12 heavy (non-hydrogen) atoms. The first-order valence-corrected chi connectivity index (χ1v) is 3.54. The number of nitrogens with one attached hydrogen (secondary N) is 1. The van der Waals surface area contributed by atoms with Gasteiger partial charge in [-0.05, 0) is 6.07 Å². The second-order valence-corrected chi connectivity index (χ2v) is 2.52.